The average Bonchev–Trinajstić information content (AvgIpc) is 2.22. The lowest BCUT2D eigenvalue weighted by Gasteiger charge is -2.30. The molecule has 0 fully saturated rings. The Labute approximate surface area is 98.9 Å². The number of alkyl halides is 3. The average molecular weight is 256 g/mol. The zero-order chi connectivity index (χ0) is 13.6. The smallest absolute Gasteiger partial charge is 0.404 e. The molecule has 0 heterocycles. The largest absolute Gasteiger partial charge is 0.469 e. The van der Waals surface area contributed by atoms with Crippen LogP contribution in [0.25, 0.3) is 0 Å². The van der Waals surface area contributed by atoms with Crippen LogP contribution in [0.5, 0.6) is 0 Å². The number of carbonyl (C=O) groups is 1. The monoisotopic (exact) mass is 256 g/mol. The van der Waals surface area contributed by atoms with E-state index in [1.807, 2.05) is 0 Å². The van der Waals surface area contributed by atoms with Gasteiger partial charge in [0.25, 0.3) is 0 Å². The standard InChI is InChI=1S/C10H19F3N2O2/c1-7(9(16)17-3)6-15(2)8(4-5-14)10(11,12)13/h7-8H,4-6,14H2,1-3H3. The van der Waals surface area contributed by atoms with Crippen molar-refractivity contribution in [2.24, 2.45) is 11.7 Å². The molecule has 0 bridgehead atoms. The molecule has 0 aliphatic rings. The van der Waals surface area contributed by atoms with Gasteiger partial charge in [-0.1, -0.05) is 6.92 Å². The molecule has 0 saturated heterocycles. The number of carbonyl (C=O) groups excluding carboxylic acids is 1. The Hall–Kier alpha value is -0.820. The molecule has 4 nitrogen and oxygen atoms in total. The van der Waals surface area contributed by atoms with Crippen LogP contribution in [0, 0.1) is 5.92 Å². The van der Waals surface area contributed by atoms with E-state index >= 15 is 0 Å². The van der Waals surface area contributed by atoms with Gasteiger partial charge in [-0.05, 0) is 20.0 Å². The highest BCUT2D eigenvalue weighted by Crippen LogP contribution is 2.26. The Morgan fingerprint density at radius 1 is 1.47 bits per heavy atom. The van der Waals surface area contributed by atoms with Crippen LogP contribution in [0.3, 0.4) is 0 Å². The first kappa shape index (κ1) is 16.2. The Morgan fingerprint density at radius 2 is 2.00 bits per heavy atom. The van der Waals surface area contributed by atoms with Crippen LogP contribution >= 0.6 is 0 Å². The van der Waals surface area contributed by atoms with Gasteiger partial charge in [0.05, 0.1) is 13.0 Å². The maximum absolute atomic E-state index is 12.7. The molecule has 0 aromatic carbocycles. The summed E-state index contributed by atoms with van der Waals surface area (Å²) in [5.74, 6) is -1.13. The molecular formula is C10H19F3N2O2. The van der Waals surface area contributed by atoms with E-state index in [4.69, 9.17) is 5.73 Å². The van der Waals surface area contributed by atoms with Crippen molar-refractivity contribution >= 4 is 5.97 Å². The minimum atomic E-state index is -4.34. The highest BCUT2D eigenvalue weighted by Gasteiger charge is 2.42. The minimum absolute atomic E-state index is 0.0170. The van der Waals surface area contributed by atoms with Crippen molar-refractivity contribution in [3.63, 3.8) is 0 Å². The van der Waals surface area contributed by atoms with Gasteiger partial charge in [-0.25, -0.2) is 0 Å². The lowest BCUT2D eigenvalue weighted by molar-refractivity contribution is -0.184. The summed E-state index contributed by atoms with van der Waals surface area (Å²) in [6.07, 6.45) is -4.53. The van der Waals surface area contributed by atoms with Crippen molar-refractivity contribution < 1.29 is 22.7 Å². The van der Waals surface area contributed by atoms with Gasteiger partial charge < -0.3 is 10.5 Å². The Morgan fingerprint density at radius 3 is 2.35 bits per heavy atom. The van der Waals surface area contributed by atoms with Crippen molar-refractivity contribution in [3.8, 4) is 0 Å². The van der Waals surface area contributed by atoms with Gasteiger partial charge >= 0.3 is 12.1 Å². The molecule has 0 aliphatic heterocycles. The second kappa shape index (κ2) is 6.80. The molecule has 0 spiro atoms. The molecule has 102 valence electrons. The summed E-state index contributed by atoms with van der Waals surface area (Å²) in [5.41, 5.74) is 5.16. The van der Waals surface area contributed by atoms with Gasteiger partial charge in [0.2, 0.25) is 0 Å². The summed E-state index contributed by atoms with van der Waals surface area (Å²) < 4.78 is 42.5. The summed E-state index contributed by atoms with van der Waals surface area (Å²) in [7, 11) is 2.53. The summed E-state index contributed by atoms with van der Waals surface area (Å²) in [6, 6.07) is -1.63. The molecule has 7 heteroatoms. The molecule has 0 aliphatic carbocycles. The van der Waals surface area contributed by atoms with Crippen molar-refractivity contribution in [1.29, 1.82) is 0 Å². The number of nitrogens with zero attached hydrogens (tertiary/aromatic N) is 1. The van der Waals surface area contributed by atoms with Crippen LogP contribution in [0.2, 0.25) is 0 Å². The number of nitrogens with two attached hydrogens (primary N) is 1. The second-order valence-electron chi connectivity index (χ2n) is 4.00. The van der Waals surface area contributed by atoms with Crippen molar-refractivity contribution in [1.82, 2.24) is 4.90 Å². The third kappa shape index (κ3) is 5.36. The molecule has 0 saturated carbocycles. The van der Waals surface area contributed by atoms with E-state index < -0.39 is 24.1 Å². The quantitative estimate of drug-likeness (QED) is 0.720. The number of halogens is 3. The molecule has 0 amide bonds. The lowest BCUT2D eigenvalue weighted by Crippen LogP contribution is -2.47. The molecule has 2 atom stereocenters. The molecule has 0 radical (unpaired) electrons. The summed E-state index contributed by atoms with van der Waals surface area (Å²) in [4.78, 5) is 12.2. The SMILES string of the molecule is COC(=O)C(C)CN(C)C(CCN)C(F)(F)F. The molecular weight excluding hydrogens is 237 g/mol. The van der Waals surface area contributed by atoms with Gasteiger partial charge in [0.1, 0.15) is 6.04 Å². The molecule has 0 rings (SSSR count). The highest BCUT2D eigenvalue weighted by atomic mass is 19.4. The van der Waals surface area contributed by atoms with Gasteiger partial charge in [0.15, 0.2) is 0 Å². The van der Waals surface area contributed by atoms with E-state index in [0.29, 0.717) is 0 Å². The fraction of sp³-hybridized carbons (Fsp3) is 0.900. The molecule has 17 heavy (non-hydrogen) atoms. The van der Waals surface area contributed by atoms with Crippen LogP contribution in [-0.4, -0.2) is 50.3 Å². The fourth-order valence-electron chi connectivity index (χ4n) is 1.63. The van der Waals surface area contributed by atoms with Crippen LogP contribution in [0.15, 0.2) is 0 Å². The predicted octanol–water partition coefficient (Wildman–Crippen LogP) is 1.01. The number of methoxy groups -OCH3 is 1. The third-order valence-corrected chi connectivity index (χ3v) is 2.52. The maximum atomic E-state index is 12.7. The summed E-state index contributed by atoms with van der Waals surface area (Å²) in [5, 5.41) is 0. The number of esters is 1. The molecule has 0 aromatic rings. The Bertz CT molecular complexity index is 246. The Balaban J connectivity index is 4.53. The normalized spacial score (nSPS) is 15.8. The summed E-state index contributed by atoms with van der Waals surface area (Å²) >= 11 is 0. The van der Waals surface area contributed by atoms with E-state index in [1.54, 1.807) is 0 Å². The molecule has 2 unspecified atom stereocenters. The van der Waals surface area contributed by atoms with Crippen LogP contribution < -0.4 is 5.73 Å². The van der Waals surface area contributed by atoms with E-state index in [0.717, 1.165) is 4.90 Å². The topological polar surface area (TPSA) is 55.6 Å². The first-order chi connectivity index (χ1) is 7.73. The van der Waals surface area contributed by atoms with E-state index in [9.17, 15) is 18.0 Å². The van der Waals surface area contributed by atoms with E-state index in [-0.39, 0.29) is 19.5 Å². The maximum Gasteiger partial charge on any atom is 0.404 e. The second-order valence-corrected chi connectivity index (χ2v) is 4.00. The van der Waals surface area contributed by atoms with Gasteiger partial charge in [-0.15, -0.1) is 0 Å². The number of rotatable bonds is 6. The van der Waals surface area contributed by atoms with E-state index in [2.05, 4.69) is 4.74 Å². The predicted molar refractivity (Wildman–Crippen MR) is 57.3 cm³/mol. The van der Waals surface area contributed by atoms with Gasteiger partial charge in [-0.2, -0.15) is 13.2 Å². The molecule has 2 N–H and O–H groups in total. The van der Waals surface area contributed by atoms with Crippen LogP contribution in [0.1, 0.15) is 13.3 Å². The van der Waals surface area contributed by atoms with Crippen molar-refractivity contribution in [2.75, 3.05) is 27.2 Å². The first-order valence-corrected chi connectivity index (χ1v) is 5.28. The minimum Gasteiger partial charge on any atom is -0.469 e. The van der Waals surface area contributed by atoms with Crippen molar-refractivity contribution in [2.45, 2.75) is 25.6 Å². The first-order valence-electron chi connectivity index (χ1n) is 5.28. The molecule has 0 aromatic heterocycles. The Kier molecular flexibility index (Phi) is 6.48. The lowest BCUT2D eigenvalue weighted by atomic mass is 10.1. The highest BCUT2D eigenvalue weighted by molar-refractivity contribution is 5.72. The van der Waals surface area contributed by atoms with Crippen LogP contribution in [0.4, 0.5) is 13.2 Å². The number of hydrogen-bond donors (Lipinski definition) is 1. The van der Waals surface area contributed by atoms with Crippen LogP contribution in [-0.2, 0) is 9.53 Å². The zero-order valence-corrected chi connectivity index (χ0v) is 10.3. The fourth-order valence-corrected chi connectivity index (χ4v) is 1.63. The van der Waals surface area contributed by atoms with Crippen molar-refractivity contribution in [3.05, 3.63) is 0 Å². The third-order valence-electron chi connectivity index (χ3n) is 2.52. The number of hydrogen-bond acceptors (Lipinski definition) is 4. The van der Waals surface area contributed by atoms with Gasteiger partial charge in [0, 0.05) is 6.54 Å². The zero-order valence-electron chi connectivity index (χ0n) is 10.3. The van der Waals surface area contributed by atoms with E-state index in [1.165, 1.54) is 21.1 Å². The van der Waals surface area contributed by atoms with Gasteiger partial charge in [-0.3, -0.25) is 9.69 Å². The number of ether oxygens (including phenoxy) is 1. The summed E-state index contributed by atoms with van der Waals surface area (Å²) in [6.45, 7) is 1.45.